The molecular weight excluding hydrogens is 484 g/mol. The molecule has 2 aromatic heterocycles. The van der Waals surface area contributed by atoms with E-state index in [2.05, 4.69) is 28.2 Å². The number of rotatable bonds is 7. The molecule has 0 spiro atoms. The largest absolute Gasteiger partial charge is 0.380 e. The van der Waals surface area contributed by atoms with Crippen LogP contribution < -0.4 is 5.32 Å². The number of para-hydroxylation sites is 1. The fraction of sp³-hybridized carbons (Fsp3) is 0.345. The van der Waals surface area contributed by atoms with Crippen LogP contribution in [-0.2, 0) is 17.9 Å². The van der Waals surface area contributed by atoms with Crippen molar-refractivity contribution in [2.24, 2.45) is 0 Å². The van der Waals surface area contributed by atoms with E-state index in [1.807, 2.05) is 43.3 Å². The molecule has 1 amide bonds. The number of nitrogens with zero attached hydrogens (tertiary/aromatic N) is 3. The molecule has 1 aliphatic rings. The summed E-state index contributed by atoms with van der Waals surface area (Å²) in [6.07, 6.45) is 0. The van der Waals surface area contributed by atoms with Crippen LogP contribution in [0.4, 0.5) is 5.82 Å². The van der Waals surface area contributed by atoms with Gasteiger partial charge in [0.05, 0.1) is 17.0 Å². The number of nitrogens with one attached hydrogen (secondary N) is 1. The lowest BCUT2D eigenvalue weighted by atomic mass is 10.0. The molecular formula is C29H32N4O3S. The van der Waals surface area contributed by atoms with Gasteiger partial charge in [0.25, 0.3) is 5.91 Å². The number of hydrogen-bond donors (Lipinski definition) is 1. The van der Waals surface area contributed by atoms with Crippen molar-refractivity contribution in [2.45, 2.75) is 27.0 Å². The molecule has 4 aromatic rings. The fourth-order valence-corrected chi connectivity index (χ4v) is 6.38. The summed E-state index contributed by atoms with van der Waals surface area (Å²) < 4.78 is 6.21. The zero-order valence-electron chi connectivity index (χ0n) is 21.8. The first-order valence-electron chi connectivity index (χ1n) is 12.5. The lowest BCUT2D eigenvalue weighted by molar-refractivity contribution is 0.101. The van der Waals surface area contributed by atoms with Crippen molar-refractivity contribution in [3.63, 3.8) is 0 Å². The van der Waals surface area contributed by atoms with Gasteiger partial charge in [-0.1, -0.05) is 24.3 Å². The van der Waals surface area contributed by atoms with E-state index >= 15 is 0 Å². The van der Waals surface area contributed by atoms with Crippen LogP contribution in [0.3, 0.4) is 0 Å². The number of fused-ring (bicyclic) bond motifs is 2. The number of ketones is 1. The van der Waals surface area contributed by atoms with Crippen LogP contribution in [0, 0.1) is 6.92 Å². The number of thiophene rings is 1. The molecule has 7 nitrogen and oxygen atoms in total. The first-order chi connectivity index (χ1) is 17.9. The summed E-state index contributed by atoms with van der Waals surface area (Å²) in [7, 11) is 3.80. The number of ether oxygens (including phenoxy) is 1. The Morgan fingerprint density at radius 1 is 1.08 bits per heavy atom. The summed E-state index contributed by atoms with van der Waals surface area (Å²) in [5, 5.41) is 5.08. The molecule has 1 aliphatic heterocycles. The summed E-state index contributed by atoms with van der Waals surface area (Å²) in [5.41, 5.74) is 4.46. The number of methoxy groups -OCH3 is 1. The van der Waals surface area contributed by atoms with Crippen LogP contribution >= 0.6 is 11.3 Å². The zero-order chi connectivity index (χ0) is 26.1. The van der Waals surface area contributed by atoms with E-state index < -0.39 is 0 Å². The average Bonchev–Trinajstić information content (AvgIpc) is 3.23. The van der Waals surface area contributed by atoms with Crippen LogP contribution in [0.15, 0.2) is 42.5 Å². The van der Waals surface area contributed by atoms with Crippen LogP contribution in [0.5, 0.6) is 0 Å². The standard InChI is InChI=1S/C29H32N4O3S/c1-18-26-20(17-36-4)9-10-22(19(2)34)28(26)37-27(18)29(35)31-25-15-21(16-33-13-11-32(3)12-14-33)23-7-5-6-8-24(23)30-25/h5-10,15H,11-14,16-17H2,1-4H3,(H,30,31,35). The van der Waals surface area contributed by atoms with Crippen molar-refractivity contribution in [2.75, 3.05) is 45.7 Å². The van der Waals surface area contributed by atoms with Gasteiger partial charge in [0.2, 0.25) is 0 Å². The minimum Gasteiger partial charge on any atom is -0.380 e. The van der Waals surface area contributed by atoms with Gasteiger partial charge in [-0.25, -0.2) is 4.98 Å². The molecule has 37 heavy (non-hydrogen) atoms. The first-order valence-corrected chi connectivity index (χ1v) is 13.3. The second-order valence-corrected chi connectivity index (χ2v) is 10.8. The highest BCUT2D eigenvalue weighted by Crippen LogP contribution is 2.37. The van der Waals surface area contributed by atoms with Crippen molar-refractivity contribution >= 4 is 49.8 Å². The smallest absolute Gasteiger partial charge is 0.267 e. The Hall–Kier alpha value is -3.17. The molecule has 0 aliphatic carbocycles. The molecule has 8 heteroatoms. The Kier molecular flexibility index (Phi) is 7.35. The van der Waals surface area contributed by atoms with Crippen LogP contribution in [0.1, 0.15) is 43.6 Å². The maximum atomic E-state index is 13.6. The number of carbonyl (C=O) groups excluding carboxylic acids is 2. The molecule has 192 valence electrons. The summed E-state index contributed by atoms with van der Waals surface area (Å²) in [6, 6.07) is 13.8. The van der Waals surface area contributed by atoms with Crippen LogP contribution in [0.25, 0.3) is 21.0 Å². The van der Waals surface area contributed by atoms with E-state index in [0.29, 0.717) is 22.9 Å². The Labute approximate surface area is 221 Å². The van der Waals surface area contributed by atoms with Gasteiger partial charge in [0, 0.05) is 60.9 Å². The van der Waals surface area contributed by atoms with Gasteiger partial charge in [-0.05, 0) is 55.8 Å². The van der Waals surface area contributed by atoms with Gasteiger partial charge < -0.3 is 15.0 Å². The molecule has 2 aromatic carbocycles. The Balaban J connectivity index is 1.50. The molecule has 3 heterocycles. The predicted octanol–water partition coefficient (Wildman–Crippen LogP) is 5.11. The summed E-state index contributed by atoms with van der Waals surface area (Å²) in [6.45, 7) is 8.83. The van der Waals surface area contributed by atoms with Gasteiger partial charge in [0.1, 0.15) is 5.82 Å². The summed E-state index contributed by atoms with van der Waals surface area (Å²) in [4.78, 5) is 36.0. The van der Waals surface area contributed by atoms with E-state index in [1.54, 1.807) is 14.0 Å². The number of anilines is 1. The van der Waals surface area contributed by atoms with E-state index in [9.17, 15) is 9.59 Å². The normalized spacial score (nSPS) is 14.9. The molecule has 1 saturated heterocycles. The third-order valence-corrected chi connectivity index (χ3v) is 8.41. The van der Waals surface area contributed by atoms with Gasteiger partial charge in [-0.2, -0.15) is 0 Å². The van der Waals surface area contributed by atoms with Gasteiger partial charge in [0.15, 0.2) is 5.78 Å². The molecule has 0 radical (unpaired) electrons. The van der Waals surface area contributed by atoms with Crippen molar-refractivity contribution < 1.29 is 14.3 Å². The Morgan fingerprint density at radius 2 is 1.84 bits per heavy atom. The van der Waals surface area contributed by atoms with Gasteiger partial charge >= 0.3 is 0 Å². The highest BCUT2D eigenvalue weighted by atomic mass is 32.1. The van der Waals surface area contributed by atoms with Gasteiger partial charge in [-0.15, -0.1) is 11.3 Å². The number of likely N-dealkylation sites (N-methyl/N-ethyl adjacent to an activating group) is 1. The van der Waals surface area contributed by atoms with Crippen LogP contribution in [-0.4, -0.2) is 66.8 Å². The van der Waals surface area contributed by atoms with E-state index in [4.69, 9.17) is 9.72 Å². The Morgan fingerprint density at radius 3 is 2.57 bits per heavy atom. The first kappa shape index (κ1) is 25.5. The van der Waals surface area contributed by atoms with E-state index in [1.165, 1.54) is 11.3 Å². The number of hydrogen-bond acceptors (Lipinski definition) is 7. The highest BCUT2D eigenvalue weighted by Gasteiger charge is 2.22. The number of aromatic nitrogens is 1. The van der Waals surface area contributed by atoms with Crippen molar-refractivity contribution in [1.82, 2.24) is 14.8 Å². The SMILES string of the molecule is COCc1ccc(C(C)=O)c2sc(C(=O)Nc3cc(CN4CCN(C)CC4)c4ccccc4n3)c(C)c12. The molecule has 0 bridgehead atoms. The van der Waals surface area contributed by atoms with E-state index in [0.717, 1.165) is 70.4 Å². The summed E-state index contributed by atoms with van der Waals surface area (Å²) >= 11 is 1.35. The second kappa shape index (κ2) is 10.7. The highest BCUT2D eigenvalue weighted by molar-refractivity contribution is 7.21. The molecule has 1 fully saturated rings. The minimum atomic E-state index is -0.218. The quantitative estimate of drug-likeness (QED) is 0.344. The number of piperazine rings is 1. The monoisotopic (exact) mass is 516 g/mol. The maximum absolute atomic E-state index is 13.6. The van der Waals surface area contributed by atoms with Gasteiger partial charge in [-0.3, -0.25) is 14.5 Å². The fourth-order valence-electron chi connectivity index (χ4n) is 5.06. The number of amides is 1. The minimum absolute atomic E-state index is 0.0214. The number of Topliss-reactive ketones (excluding diaryl/α,β-unsaturated/α-hetero) is 1. The third-order valence-electron chi connectivity index (χ3n) is 7.08. The Bertz CT molecular complexity index is 1490. The number of aryl methyl sites for hydroxylation is 1. The third kappa shape index (κ3) is 5.15. The van der Waals surface area contributed by atoms with E-state index in [-0.39, 0.29) is 11.7 Å². The number of carbonyl (C=O) groups is 2. The van der Waals surface area contributed by atoms with Crippen molar-refractivity contribution in [3.05, 3.63) is 69.6 Å². The molecule has 0 saturated carbocycles. The van der Waals surface area contributed by atoms with Crippen molar-refractivity contribution in [1.29, 1.82) is 0 Å². The lowest BCUT2D eigenvalue weighted by Crippen LogP contribution is -2.43. The van der Waals surface area contributed by atoms with Crippen molar-refractivity contribution in [3.8, 4) is 0 Å². The summed E-state index contributed by atoms with van der Waals surface area (Å²) in [5.74, 6) is 0.297. The molecule has 1 N–H and O–H groups in total. The van der Waals surface area contributed by atoms with Crippen LogP contribution in [0.2, 0.25) is 0 Å². The number of benzene rings is 2. The molecule has 0 unspecified atom stereocenters. The topological polar surface area (TPSA) is 74.8 Å². The second-order valence-electron chi connectivity index (χ2n) is 9.74. The maximum Gasteiger partial charge on any atom is 0.267 e. The average molecular weight is 517 g/mol. The molecule has 0 atom stereocenters. The predicted molar refractivity (Wildman–Crippen MR) is 150 cm³/mol. The number of pyridine rings is 1. The lowest BCUT2D eigenvalue weighted by Gasteiger charge is -2.32. The molecule has 5 rings (SSSR count). The zero-order valence-corrected chi connectivity index (χ0v) is 22.6.